The van der Waals surface area contributed by atoms with E-state index in [1.165, 1.54) is 37.3 Å². The molecule has 0 bridgehead atoms. The van der Waals surface area contributed by atoms with Gasteiger partial charge in [0.1, 0.15) is 17.6 Å². The maximum Gasteiger partial charge on any atom is 0.573 e. The van der Waals surface area contributed by atoms with Crippen molar-refractivity contribution in [3.05, 3.63) is 53.6 Å². The van der Waals surface area contributed by atoms with Crippen molar-refractivity contribution in [2.24, 2.45) is 0 Å². The molecule has 3 nitrogen and oxygen atoms in total. The zero-order chi connectivity index (χ0) is 15.7. The van der Waals surface area contributed by atoms with Gasteiger partial charge in [-0.05, 0) is 24.6 Å². The summed E-state index contributed by atoms with van der Waals surface area (Å²) in [7, 11) is 0. The first-order chi connectivity index (χ1) is 9.74. The molecule has 0 fully saturated rings. The third kappa shape index (κ3) is 3.33. The van der Waals surface area contributed by atoms with Crippen LogP contribution in [0.4, 0.5) is 13.2 Å². The zero-order valence-corrected chi connectivity index (χ0v) is 11.1. The second-order valence-corrected chi connectivity index (χ2v) is 4.87. The van der Waals surface area contributed by atoms with Crippen molar-refractivity contribution in [2.75, 3.05) is 0 Å². The van der Waals surface area contributed by atoms with Gasteiger partial charge in [0, 0.05) is 11.5 Å². The Balaban J connectivity index is 2.25. The molecule has 21 heavy (non-hydrogen) atoms. The molecule has 0 spiro atoms. The zero-order valence-electron chi connectivity index (χ0n) is 11.1. The van der Waals surface area contributed by atoms with Crippen LogP contribution in [0.1, 0.15) is 18.4 Å². The van der Waals surface area contributed by atoms with E-state index in [0.29, 0.717) is 11.8 Å². The molecule has 0 saturated heterocycles. The van der Waals surface area contributed by atoms with E-state index in [-0.39, 0.29) is 11.3 Å². The Kier molecular flexibility index (Phi) is 3.91. The molecule has 1 aliphatic rings. The minimum atomic E-state index is -4.74. The molecular formula is C15H13F3O3. The SMILES string of the molecule is CC1(O)C(C=O)=CC=CC1c1ccc(OC(F)(F)F)cc1. The monoisotopic (exact) mass is 298 g/mol. The van der Waals surface area contributed by atoms with E-state index >= 15 is 0 Å². The number of hydrogen-bond donors (Lipinski definition) is 1. The summed E-state index contributed by atoms with van der Waals surface area (Å²) in [6.45, 7) is 1.49. The van der Waals surface area contributed by atoms with E-state index in [9.17, 15) is 23.1 Å². The van der Waals surface area contributed by atoms with Gasteiger partial charge in [0.15, 0.2) is 0 Å². The summed E-state index contributed by atoms with van der Waals surface area (Å²) in [6.07, 6.45) is 0.645. The number of carbonyl (C=O) groups excluding carboxylic acids is 1. The predicted octanol–water partition coefficient (Wildman–Crippen LogP) is 3.11. The van der Waals surface area contributed by atoms with Crippen LogP contribution in [0.25, 0.3) is 0 Å². The maximum atomic E-state index is 12.1. The molecular weight excluding hydrogens is 285 g/mol. The smallest absolute Gasteiger partial charge is 0.406 e. The van der Waals surface area contributed by atoms with Crippen LogP contribution in [0.3, 0.4) is 0 Å². The van der Waals surface area contributed by atoms with Crippen molar-refractivity contribution >= 4 is 6.29 Å². The van der Waals surface area contributed by atoms with Gasteiger partial charge in [-0.25, -0.2) is 0 Å². The Labute approximate surface area is 119 Å². The topological polar surface area (TPSA) is 46.5 Å². The normalized spacial score (nSPS) is 25.4. The van der Waals surface area contributed by atoms with Gasteiger partial charge in [-0.3, -0.25) is 4.79 Å². The highest BCUT2D eigenvalue weighted by Gasteiger charge is 2.37. The number of allylic oxidation sites excluding steroid dienone is 2. The third-order valence-corrected chi connectivity index (χ3v) is 3.37. The molecule has 2 rings (SSSR count). The van der Waals surface area contributed by atoms with E-state index in [0.717, 1.165) is 0 Å². The first-order valence-corrected chi connectivity index (χ1v) is 6.16. The number of aldehydes is 1. The van der Waals surface area contributed by atoms with Gasteiger partial charge in [-0.1, -0.05) is 30.4 Å². The van der Waals surface area contributed by atoms with E-state index in [4.69, 9.17) is 0 Å². The molecule has 0 heterocycles. The van der Waals surface area contributed by atoms with Crippen LogP contribution < -0.4 is 4.74 Å². The lowest BCUT2D eigenvalue weighted by molar-refractivity contribution is -0.274. The van der Waals surface area contributed by atoms with Gasteiger partial charge in [0.05, 0.1) is 0 Å². The summed E-state index contributed by atoms with van der Waals surface area (Å²) >= 11 is 0. The van der Waals surface area contributed by atoms with Gasteiger partial charge in [0.25, 0.3) is 0 Å². The minimum absolute atomic E-state index is 0.214. The van der Waals surface area contributed by atoms with Gasteiger partial charge in [-0.2, -0.15) is 0 Å². The van der Waals surface area contributed by atoms with Crippen LogP contribution in [0.5, 0.6) is 5.75 Å². The number of benzene rings is 1. The van der Waals surface area contributed by atoms with Gasteiger partial charge < -0.3 is 9.84 Å². The molecule has 1 aliphatic carbocycles. The van der Waals surface area contributed by atoms with Crippen LogP contribution in [-0.4, -0.2) is 23.4 Å². The highest BCUT2D eigenvalue weighted by atomic mass is 19.4. The molecule has 1 aromatic carbocycles. The molecule has 0 amide bonds. The lowest BCUT2D eigenvalue weighted by Gasteiger charge is -2.33. The fourth-order valence-electron chi connectivity index (χ4n) is 2.28. The Morgan fingerprint density at radius 1 is 1.29 bits per heavy atom. The van der Waals surface area contributed by atoms with Crippen LogP contribution in [0, 0.1) is 0 Å². The number of rotatable bonds is 3. The standard InChI is InChI=1S/C15H13F3O3/c1-14(20)11(9-19)3-2-4-13(14)10-5-7-12(8-6-10)21-15(16,17)18/h2-9,13,20H,1H3. The second kappa shape index (κ2) is 5.37. The highest BCUT2D eigenvalue weighted by Crippen LogP contribution is 2.38. The van der Waals surface area contributed by atoms with Crippen molar-refractivity contribution in [3.8, 4) is 5.75 Å². The lowest BCUT2D eigenvalue weighted by Crippen LogP contribution is -2.36. The molecule has 2 atom stereocenters. The molecule has 1 aromatic rings. The number of carbonyl (C=O) groups is 1. The highest BCUT2D eigenvalue weighted by molar-refractivity contribution is 5.78. The van der Waals surface area contributed by atoms with E-state index in [2.05, 4.69) is 4.74 Å². The van der Waals surface area contributed by atoms with E-state index < -0.39 is 17.9 Å². The first-order valence-electron chi connectivity index (χ1n) is 6.16. The van der Waals surface area contributed by atoms with E-state index in [1.807, 2.05) is 0 Å². The lowest BCUT2D eigenvalue weighted by atomic mass is 9.76. The minimum Gasteiger partial charge on any atom is -0.406 e. The average Bonchev–Trinajstić information content (AvgIpc) is 2.37. The van der Waals surface area contributed by atoms with Crippen molar-refractivity contribution in [1.29, 1.82) is 0 Å². The molecule has 6 heteroatoms. The Morgan fingerprint density at radius 3 is 2.43 bits per heavy atom. The van der Waals surface area contributed by atoms with Crippen LogP contribution >= 0.6 is 0 Å². The predicted molar refractivity (Wildman–Crippen MR) is 69.8 cm³/mol. The van der Waals surface area contributed by atoms with E-state index in [1.54, 1.807) is 12.2 Å². The van der Waals surface area contributed by atoms with Gasteiger partial charge >= 0.3 is 6.36 Å². The number of hydrogen-bond acceptors (Lipinski definition) is 3. The van der Waals surface area contributed by atoms with Gasteiger partial charge in [-0.15, -0.1) is 13.2 Å². The Hall–Kier alpha value is -2.08. The van der Waals surface area contributed by atoms with Crippen molar-refractivity contribution in [2.45, 2.75) is 24.8 Å². The fraction of sp³-hybridized carbons (Fsp3) is 0.267. The molecule has 2 unspecified atom stereocenters. The molecule has 0 radical (unpaired) electrons. The summed E-state index contributed by atoms with van der Waals surface area (Å²) in [5.74, 6) is -0.862. The van der Waals surface area contributed by atoms with Crippen molar-refractivity contribution < 1.29 is 27.8 Å². The summed E-state index contributed by atoms with van der Waals surface area (Å²) < 4.78 is 40.1. The van der Waals surface area contributed by atoms with Crippen LogP contribution in [-0.2, 0) is 4.79 Å². The first kappa shape index (κ1) is 15.3. The van der Waals surface area contributed by atoms with Crippen LogP contribution in [0.15, 0.2) is 48.1 Å². The number of halogens is 3. The van der Waals surface area contributed by atoms with Crippen molar-refractivity contribution in [3.63, 3.8) is 0 Å². The molecule has 112 valence electrons. The summed E-state index contributed by atoms with van der Waals surface area (Å²) in [5, 5.41) is 10.4. The maximum absolute atomic E-state index is 12.1. The molecule has 0 aliphatic heterocycles. The molecule has 0 saturated carbocycles. The summed E-state index contributed by atoms with van der Waals surface area (Å²) in [4.78, 5) is 11.0. The fourth-order valence-corrected chi connectivity index (χ4v) is 2.28. The average molecular weight is 298 g/mol. The number of alkyl halides is 3. The number of ether oxygens (including phenoxy) is 1. The van der Waals surface area contributed by atoms with Crippen molar-refractivity contribution in [1.82, 2.24) is 0 Å². The molecule has 0 aromatic heterocycles. The van der Waals surface area contributed by atoms with Gasteiger partial charge in [0.2, 0.25) is 0 Å². The molecule has 1 N–H and O–H groups in total. The summed E-state index contributed by atoms with van der Waals surface area (Å²) in [6, 6.07) is 5.20. The van der Waals surface area contributed by atoms with Crippen LogP contribution in [0.2, 0.25) is 0 Å². The second-order valence-electron chi connectivity index (χ2n) is 4.87. The number of aliphatic hydroxyl groups is 1. The Bertz CT molecular complexity index is 583. The Morgan fingerprint density at radius 2 is 1.90 bits per heavy atom. The quantitative estimate of drug-likeness (QED) is 0.872. The largest absolute Gasteiger partial charge is 0.573 e. The third-order valence-electron chi connectivity index (χ3n) is 3.37. The summed E-state index contributed by atoms with van der Waals surface area (Å²) in [5.41, 5.74) is -0.619.